The molecule has 122 valence electrons. The van der Waals surface area contributed by atoms with E-state index in [1.807, 2.05) is 46.8 Å². The fraction of sp³-hybridized carbons (Fsp3) is 0.529. The molecule has 1 rings (SSSR count). The fourth-order valence-electron chi connectivity index (χ4n) is 2.07. The maximum atomic E-state index is 12.2. The van der Waals surface area contributed by atoms with E-state index in [9.17, 15) is 9.59 Å². The van der Waals surface area contributed by atoms with E-state index in [1.54, 1.807) is 17.0 Å². The maximum absolute atomic E-state index is 12.2. The van der Waals surface area contributed by atoms with Gasteiger partial charge < -0.3 is 15.5 Å². The molecule has 0 aliphatic heterocycles. The Balaban J connectivity index is 2.59. The van der Waals surface area contributed by atoms with Crippen molar-refractivity contribution >= 4 is 17.5 Å². The van der Waals surface area contributed by atoms with E-state index in [2.05, 4.69) is 10.6 Å². The van der Waals surface area contributed by atoms with E-state index >= 15 is 0 Å². The van der Waals surface area contributed by atoms with E-state index in [0.717, 1.165) is 5.69 Å². The second kappa shape index (κ2) is 7.82. The summed E-state index contributed by atoms with van der Waals surface area (Å²) in [6.45, 7) is 11.4. The Bertz CT molecular complexity index is 500. The van der Waals surface area contributed by atoms with Crippen LogP contribution in [0.1, 0.15) is 45.0 Å². The van der Waals surface area contributed by atoms with Crippen LogP contribution in [0.5, 0.6) is 0 Å². The standard InChI is InChI=1S/C17H27N3O2/c1-6-20(7-2)16(22)13-8-10-14(11-9-13)18-12-15(21)19-17(3,4)5/h8-11,18H,6-7,12H2,1-5H3,(H,19,21). The van der Waals surface area contributed by atoms with E-state index in [4.69, 9.17) is 0 Å². The van der Waals surface area contributed by atoms with Crippen LogP contribution < -0.4 is 10.6 Å². The minimum Gasteiger partial charge on any atom is -0.376 e. The topological polar surface area (TPSA) is 61.4 Å². The monoisotopic (exact) mass is 305 g/mol. The van der Waals surface area contributed by atoms with Crippen LogP contribution in [0.25, 0.3) is 0 Å². The van der Waals surface area contributed by atoms with Gasteiger partial charge in [-0.1, -0.05) is 0 Å². The van der Waals surface area contributed by atoms with Crippen molar-refractivity contribution < 1.29 is 9.59 Å². The molecule has 1 aromatic carbocycles. The van der Waals surface area contributed by atoms with Gasteiger partial charge in [-0.15, -0.1) is 0 Å². The number of hydrogen-bond donors (Lipinski definition) is 2. The minimum absolute atomic E-state index is 0.0297. The molecule has 5 heteroatoms. The fourth-order valence-corrected chi connectivity index (χ4v) is 2.07. The zero-order valence-electron chi connectivity index (χ0n) is 14.2. The number of carbonyl (C=O) groups excluding carboxylic acids is 2. The quantitative estimate of drug-likeness (QED) is 0.849. The number of nitrogens with one attached hydrogen (secondary N) is 2. The molecule has 1 aromatic rings. The summed E-state index contributed by atoms with van der Waals surface area (Å²) in [5, 5.41) is 5.94. The Hall–Kier alpha value is -2.04. The first kappa shape index (κ1) is 18.0. The van der Waals surface area contributed by atoms with E-state index in [0.29, 0.717) is 18.7 Å². The molecule has 0 saturated heterocycles. The van der Waals surface area contributed by atoms with Crippen molar-refractivity contribution in [2.45, 2.75) is 40.2 Å². The number of anilines is 1. The number of rotatable bonds is 6. The van der Waals surface area contributed by atoms with Crippen LogP contribution in [0.2, 0.25) is 0 Å². The lowest BCUT2D eigenvalue weighted by molar-refractivity contribution is -0.120. The van der Waals surface area contributed by atoms with Gasteiger partial charge in [-0.25, -0.2) is 0 Å². The van der Waals surface area contributed by atoms with Gasteiger partial charge in [-0.05, 0) is 58.9 Å². The predicted octanol–water partition coefficient (Wildman–Crippen LogP) is 2.50. The third kappa shape index (κ3) is 5.76. The van der Waals surface area contributed by atoms with Gasteiger partial charge in [0, 0.05) is 29.9 Å². The first-order chi connectivity index (χ1) is 10.3. The summed E-state index contributed by atoms with van der Waals surface area (Å²) in [6.07, 6.45) is 0. The molecule has 0 radical (unpaired) electrons. The molecule has 22 heavy (non-hydrogen) atoms. The molecule has 0 saturated carbocycles. The number of benzene rings is 1. The molecular weight excluding hydrogens is 278 g/mol. The second-order valence-electron chi connectivity index (χ2n) is 6.21. The van der Waals surface area contributed by atoms with Crippen molar-refractivity contribution in [3.05, 3.63) is 29.8 Å². The molecule has 0 bridgehead atoms. The molecule has 2 amide bonds. The summed E-state index contributed by atoms with van der Waals surface area (Å²) in [6, 6.07) is 7.21. The average Bonchev–Trinajstić information content (AvgIpc) is 2.45. The molecule has 5 nitrogen and oxygen atoms in total. The van der Waals surface area contributed by atoms with E-state index in [1.165, 1.54) is 0 Å². The number of amides is 2. The summed E-state index contributed by atoms with van der Waals surface area (Å²) >= 11 is 0. The van der Waals surface area contributed by atoms with Crippen molar-refractivity contribution in [1.29, 1.82) is 0 Å². The van der Waals surface area contributed by atoms with Crippen LogP contribution in [-0.4, -0.2) is 41.9 Å². The zero-order valence-corrected chi connectivity index (χ0v) is 14.2. The predicted molar refractivity (Wildman–Crippen MR) is 90.1 cm³/mol. The molecule has 0 fully saturated rings. The molecule has 2 N–H and O–H groups in total. The van der Waals surface area contributed by atoms with Gasteiger partial charge in [0.1, 0.15) is 0 Å². The summed E-state index contributed by atoms with van der Waals surface area (Å²) < 4.78 is 0. The average molecular weight is 305 g/mol. The van der Waals surface area contributed by atoms with Gasteiger partial charge in [0.25, 0.3) is 5.91 Å². The van der Waals surface area contributed by atoms with Gasteiger partial charge in [-0.3, -0.25) is 9.59 Å². The normalized spacial score (nSPS) is 11.0. The van der Waals surface area contributed by atoms with Crippen LogP contribution >= 0.6 is 0 Å². The van der Waals surface area contributed by atoms with E-state index < -0.39 is 0 Å². The minimum atomic E-state index is -0.237. The first-order valence-corrected chi connectivity index (χ1v) is 7.71. The third-order valence-electron chi connectivity index (χ3n) is 3.15. The SMILES string of the molecule is CCN(CC)C(=O)c1ccc(NCC(=O)NC(C)(C)C)cc1. The lowest BCUT2D eigenvalue weighted by Crippen LogP contribution is -2.43. The summed E-state index contributed by atoms with van der Waals surface area (Å²) in [5.74, 6) is -0.0298. The maximum Gasteiger partial charge on any atom is 0.253 e. The van der Waals surface area contributed by atoms with Crippen molar-refractivity contribution in [2.24, 2.45) is 0 Å². The number of nitrogens with zero attached hydrogens (tertiary/aromatic N) is 1. The van der Waals surface area contributed by atoms with Crippen LogP contribution in [0.4, 0.5) is 5.69 Å². The third-order valence-corrected chi connectivity index (χ3v) is 3.15. The highest BCUT2D eigenvalue weighted by Gasteiger charge is 2.14. The van der Waals surface area contributed by atoms with Crippen LogP contribution in [0.3, 0.4) is 0 Å². The Morgan fingerprint density at radius 3 is 2.05 bits per heavy atom. The highest BCUT2D eigenvalue weighted by Crippen LogP contribution is 2.11. The second-order valence-corrected chi connectivity index (χ2v) is 6.21. The molecule has 0 spiro atoms. The van der Waals surface area contributed by atoms with Gasteiger partial charge in [0.2, 0.25) is 5.91 Å². The van der Waals surface area contributed by atoms with Crippen LogP contribution in [-0.2, 0) is 4.79 Å². The molecule has 0 aliphatic rings. The summed E-state index contributed by atoms with van der Waals surface area (Å²) in [4.78, 5) is 25.7. The van der Waals surface area contributed by atoms with Crippen LogP contribution in [0, 0.1) is 0 Å². The highest BCUT2D eigenvalue weighted by molar-refractivity contribution is 5.94. The van der Waals surface area contributed by atoms with E-state index in [-0.39, 0.29) is 23.9 Å². The number of carbonyl (C=O) groups is 2. The van der Waals surface area contributed by atoms with Crippen molar-refractivity contribution in [3.8, 4) is 0 Å². The highest BCUT2D eigenvalue weighted by atomic mass is 16.2. The number of hydrogen-bond acceptors (Lipinski definition) is 3. The molecule has 0 unspecified atom stereocenters. The Labute approximate surface area is 133 Å². The van der Waals surface area contributed by atoms with Gasteiger partial charge in [0.15, 0.2) is 0 Å². The Kier molecular flexibility index (Phi) is 6.40. The van der Waals surface area contributed by atoms with Crippen molar-refractivity contribution in [1.82, 2.24) is 10.2 Å². The Morgan fingerprint density at radius 1 is 1.05 bits per heavy atom. The zero-order chi connectivity index (χ0) is 16.8. The van der Waals surface area contributed by atoms with Crippen LogP contribution in [0.15, 0.2) is 24.3 Å². The molecule has 0 aromatic heterocycles. The summed E-state index contributed by atoms with van der Waals surface area (Å²) in [5.41, 5.74) is 1.24. The lowest BCUT2D eigenvalue weighted by atomic mass is 10.1. The molecular formula is C17H27N3O2. The molecule has 0 heterocycles. The molecule has 0 atom stereocenters. The van der Waals surface area contributed by atoms with Gasteiger partial charge >= 0.3 is 0 Å². The van der Waals surface area contributed by atoms with Gasteiger partial charge in [0.05, 0.1) is 6.54 Å². The molecule has 0 aliphatic carbocycles. The smallest absolute Gasteiger partial charge is 0.253 e. The largest absolute Gasteiger partial charge is 0.376 e. The summed E-state index contributed by atoms with van der Waals surface area (Å²) in [7, 11) is 0. The van der Waals surface area contributed by atoms with Gasteiger partial charge in [-0.2, -0.15) is 0 Å². The lowest BCUT2D eigenvalue weighted by Gasteiger charge is -2.21. The first-order valence-electron chi connectivity index (χ1n) is 7.71. The van der Waals surface area contributed by atoms with Crippen molar-refractivity contribution in [2.75, 3.05) is 25.0 Å². The Morgan fingerprint density at radius 2 is 1.59 bits per heavy atom. The van der Waals surface area contributed by atoms with Crippen molar-refractivity contribution in [3.63, 3.8) is 0 Å².